The summed E-state index contributed by atoms with van der Waals surface area (Å²) < 4.78 is 31.2. The van der Waals surface area contributed by atoms with E-state index in [0.717, 1.165) is 24.1 Å². The van der Waals surface area contributed by atoms with Crippen molar-refractivity contribution >= 4 is 22.7 Å². The number of aliphatic imine (C=N–C) groups is 1. The summed E-state index contributed by atoms with van der Waals surface area (Å²) in [6.07, 6.45) is 11.9. The molecule has 156 valence electrons. The number of hydrogen-bond acceptors (Lipinski definition) is 5. The minimum Gasteiger partial charge on any atom is -0.454 e. The van der Waals surface area contributed by atoms with E-state index in [1.54, 1.807) is 12.2 Å². The van der Waals surface area contributed by atoms with Crippen LogP contribution < -0.4 is 14.8 Å². The molecule has 0 bridgehead atoms. The second kappa shape index (κ2) is 7.52. The number of rotatable bonds is 5. The van der Waals surface area contributed by atoms with Gasteiger partial charge in [0.1, 0.15) is 6.17 Å². The quantitative estimate of drug-likeness (QED) is 0.706. The third-order valence-corrected chi connectivity index (χ3v) is 6.71. The van der Waals surface area contributed by atoms with Crippen LogP contribution in [0.25, 0.3) is 0 Å². The molecular weight excluding hydrogens is 404 g/mol. The molecule has 2 aliphatic heterocycles. The SMILES string of the molecule is O=C(NC1CC=CC(C2C=CC(S(=O)O)=CC2)=N1)C1(c2ccc3c(c2)OCO3)CC1. The lowest BCUT2D eigenvalue weighted by molar-refractivity contribution is -0.124. The van der Waals surface area contributed by atoms with E-state index in [4.69, 9.17) is 14.5 Å². The van der Waals surface area contributed by atoms with Crippen LogP contribution in [0, 0.1) is 5.92 Å². The van der Waals surface area contributed by atoms with Gasteiger partial charge in [0.25, 0.3) is 0 Å². The fourth-order valence-electron chi connectivity index (χ4n) is 4.11. The average Bonchev–Trinajstić information content (AvgIpc) is 3.45. The van der Waals surface area contributed by atoms with Crippen LogP contribution in [-0.4, -0.2) is 33.3 Å². The normalized spacial score (nSPS) is 26.6. The summed E-state index contributed by atoms with van der Waals surface area (Å²) >= 11 is -1.97. The maximum Gasteiger partial charge on any atom is 0.232 e. The molecule has 1 aromatic rings. The fourth-order valence-corrected chi connectivity index (χ4v) is 4.54. The van der Waals surface area contributed by atoms with Gasteiger partial charge in [-0.3, -0.25) is 9.79 Å². The molecule has 2 N–H and O–H groups in total. The van der Waals surface area contributed by atoms with E-state index < -0.39 is 16.5 Å². The molecular formula is C22H22N2O5S. The third-order valence-electron chi connectivity index (χ3n) is 6.01. The molecule has 0 radical (unpaired) electrons. The largest absolute Gasteiger partial charge is 0.454 e. The summed E-state index contributed by atoms with van der Waals surface area (Å²) in [6, 6.07) is 5.71. The van der Waals surface area contributed by atoms with Gasteiger partial charge in [0.05, 0.1) is 10.3 Å². The summed E-state index contributed by atoms with van der Waals surface area (Å²) in [5, 5.41) is 3.11. The zero-order valence-electron chi connectivity index (χ0n) is 16.2. The predicted octanol–water partition coefficient (Wildman–Crippen LogP) is 2.97. The van der Waals surface area contributed by atoms with Crippen molar-refractivity contribution in [2.75, 3.05) is 6.79 Å². The molecule has 0 aromatic heterocycles. The summed E-state index contributed by atoms with van der Waals surface area (Å²) in [5.74, 6) is 1.43. The van der Waals surface area contributed by atoms with Gasteiger partial charge in [-0.05, 0) is 49.1 Å². The van der Waals surface area contributed by atoms with Gasteiger partial charge in [-0.2, -0.15) is 0 Å². The Morgan fingerprint density at radius 2 is 2.03 bits per heavy atom. The highest BCUT2D eigenvalue weighted by molar-refractivity contribution is 7.83. The van der Waals surface area contributed by atoms with E-state index in [0.29, 0.717) is 29.2 Å². The molecule has 7 nitrogen and oxygen atoms in total. The van der Waals surface area contributed by atoms with Crippen molar-refractivity contribution in [2.24, 2.45) is 10.9 Å². The van der Waals surface area contributed by atoms with Crippen molar-refractivity contribution < 1.29 is 23.0 Å². The molecule has 1 aromatic carbocycles. The van der Waals surface area contributed by atoms with E-state index in [1.807, 2.05) is 36.4 Å². The maximum absolute atomic E-state index is 13.1. The fraction of sp³-hybridized carbons (Fsp3) is 0.364. The van der Waals surface area contributed by atoms with Gasteiger partial charge < -0.3 is 19.3 Å². The minimum absolute atomic E-state index is 0.0122. The first-order valence-electron chi connectivity index (χ1n) is 10.00. The molecule has 1 amide bonds. The van der Waals surface area contributed by atoms with Gasteiger partial charge in [-0.25, -0.2) is 4.21 Å². The Morgan fingerprint density at radius 3 is 2.77 bits per heavy atom. The number of carbonyl (C=O) groups is 1. The zero-order chi connectivity index (χ0) is 20.7. The van der Waals surface area contributed by atoms with Crippen molar-refractivity contribution in [1.29, 1.82) is 0 Å². The lowest BCUT2D eigenvalue weighted by Gasteiger charge is -2.24. The highest BCUT2D eigenvalue weighted by Crippen LogP contribution is 2.50. The predicted molar refractivity (Wildman–Crippen MR) is 113 cm³/mol. The summed E-state index contributed by atoms with van der Waals surface area (Å²) in [5.41, 5.74) is 1.30. The average molecular weight is 426 g/mol. The number of amides is 1. The number of carbonyl (C=O) groups excluding carboxylic acids is 1. The number of benzene rings is 1. The van der Waals surface area contributed by atoms with Crippen molar-refractivity contribution in [2.45, 2.75) is 37.3 Å². The molecule has 3 unspecified atom stereocenters. The number of fused-ring (bicyclic) bond motifs is 1. The Kier molecular flexibility index (Phi) is 4.83. The van der Waals surface area contributed by atoms with Crippen LogP contribution in [0.5, 0.6) is 11.5 Å². The first-order valence-corrected chi connectivity index (χ1v) is 11.1. The monoisotopic (exact) mass is 426 g/mol. The van der Waals surface area contributed by atoms with Crippen molar-refractivity contribution in [3.8, 4) is 11.5 Å². The molecule has 5 rings (SSSR count). The van der Waals surface area contributed by atoms with E-state index in [1.165, 1.54) is 0 Å². The molecule has 0 spiro atoms. The third kappa shape index (κ3) is 3.50. The van der Waals surface area contributed by atoms with Crippen LogP contribution in [-0.2, 0) is 21.3 Å². The topological polar surface area (TPSA) is 97.2 Å². The summed E-state index contributed by atoms with van der Waals surface area (Å²) in [6.45, 7) is 0.213. The van der Waals surface area contributed by atoms with Gasteiger partial charge in [-0.15, -0.1) is 0 Å². The molecule has 30 heavy (non-hydrogen) atoms. The lowest BCUT2D eigenvalue weighted by atomic mass is 9.93. The van der Waals surface area contributed by atoms with Gasteiger partial charge in [0.2, 0.25) is 12.7 Å². The summed E-state index contributed by atoms with van der Waals surface area (Å²) in [7, 11) is 0. The van der Waals surface area contributed by atoms with Crippen LogP contribution in [0.15, 0.2) is 58.5 Å². The smallest absolute Gasteiger partial charge is 0.232 e. The minimum atomic E-state index is -1.97. The van der Waals surface area contributed by atoms with Crippen molar-refractivity contribution in [3.63, 3.8) is 0 Å². The van der Waals surface area contributed by atoms with Gasteiger partial charge in [0, 0.05) is 18.1 Å². The Bertz CT molecular complexity index is 1040. The van der Waals surface area contributed by atoms with E-state index in [-0.39, 0.29) is 24.8 Å². The van der Waals surface area contributed by atoms with Gasteiger partial charge >= 0.3 is 0 Å². The van der Waals surface area contributed by atoms with Crippen LogP contribution >= 0.6 is 0 Å². The highest BCUT2D eigenvalue weighted by atomic mass is 32.2. The number of hydrogen-bond donors (Lipinski definition) is 2. The molecule has 8 heteroatoms. The highest BCUT2D eigenvalue weighted by Gasteiger charge is 2.52. The van der Waals surface area contributed by atoms with Crippen molar-refractivity contribution in [3.05, 3.63) is 59.0 Å². The van der Waals surface area contributed by atoms with Crippen LogP contribution in [0.3, 0.4) is 0 Å². The molecule has 2 aliphatic carbocycles. The maximum atomic E-state index is 13.1. The molecule has 1 saturated carbocycles. The second-order valence-corrected chi connectivity index (χ2v) is 8.86. The Balaban J connectivity index is 1.28. The number of ether oxygens (including phenoxy) is 2. The van der Waals surface area contributed by atoms with Crippen molar-refractivity contribution in [1.82, 2.24) is 5.32 Å². The van der Waals surface area contributed by atoms with Crippen LogP contribution in [0.2, 0.25) is 0 Å². The lowest BCUT2D eigenvalue weighted by Crippen LogP contribution is -2.42. The molecule has 3 atom stereocenters. The van der Waals surface area contributed by atoms with Gasteiger partial charge in [-0.1, -0.05) is 24.3 Å². The first kappa shape index (κ1) is 19.3. The number of allylic oxidation sites excluding steroid dienone is 4. The van der Waals surface area contributed by atoms with E-state index >= 15 is 0 Å². The van der Waals surface area contributed by atoms with E-state index in [9.17, 15) is 13.6 Å². The zero-order valence-corrected chi connectivity index (χ0v) is 17.1. The number of dihydropyridines is 1. The Morgan fingerprint density at radius 1 is 1.20 bits per heavy atom. The number of nitrogens with zero attached hydrogens (tertiary/aromatic N) is 1. The second-order valence-electron chi connectivity index (χ2n) is 7.89. The molecule has 1 fully saturated rings. The Hall–Kier alpha value is -2.71. The molecule has 2 heterocycles. The standard InChI is InChI=1S/C22H22N2O5S/c25-21(22(10-11-22)15-6-9-18-19(12-15)29-13-28-18)24-20-3-1-2-17(23-20)14-4-7-16(8-5-14)30(26)27/h1-2,4,6-9,12,14,20H,3,5,10-11,13H2,(H,24,25)(H,26,27). The van der Waals surface area contributed by atoms with Crippen LogP contribution in [0.4, 0.5) is 0 Å². The van der Waals surface area contributed by atoms with Gasteiger partial charge in [0.15, 0.2) is 22.6 Å². The molecule has 4 aliphatic rings. The molecule has 0 saturated heterocycles. The first-order chi connectivity index (χ1) is 14.5. The van der Waals surface area contributed by atoms with E-state index in [2.05, 4.69) is 5.32 Å². The summed E-state index contributed by atoms with van der Waals surface area (Å²) in [4.78, 5) is 18.3. The Labute approximate surface area is 176 Å². The van der Waals surface area contributed by atoms with Crippen LogP contribution in [0.1, 0.15) is 31.2 Å². The number of nitrogens with one attached hydrogen (secondary N) is 1.